The molecular weight excluding hydrogens is 233 g/mol. The number of benzene rings is 1. The van der Waals surface area contributed by atoms with Gasteiger partial charge in [0.05, 0.1) is 5.69 Å². The van der Waals surface area contributed by atoms with Crippen LogP contribution in [0.3, 0.4) is 0 Å². The van der Waals surface area contributed by atoms with E-state index < -0.39 is 0 Å². The van der Waals surface area contributed by atoms with Crippen LogP contribution in [-0.4, -0.2) is 19.4 Å². The van der Waals surface area contributed by atoms with Crippen LogP contribution in [0.4, 0.5) is 5.69 Å². The minimum absolute atomic E-state index is 0. The molecule has 0 saturated heterocycles. The van der Waals surface area contributed by atoms with Crippen LogP contribution in [0.5, 0.6) is 0 Å². The van der Waals surface area contributed by atoms with Gasteiger partial charge < -0.3 is 5.32 Å². The molecule has 3 nitrogen and oxygen atoms in total. The zero-order valence-electron chi connectivity index (χ0n) is 8.40. The topological polar surface area (TPSA) is 27.6 Å². The van der Waals surface area contributed by atoms with E-state index in [-0.39, 0.29) is 12.4 Å². The highest BCUT2D eigenvalue weighted by Gasteiger charge is 2.14. The second-order valence-corrected chi connectivity index (χ2v) is 3.58. The molecule has 82 valence electrons. The van der Waals surface area contributed by atoms with Gasteiger partial charge in [-0.1, -0.05) is 11.6 Å². The molecule has 0 atom stereocenters. The van der Waals surface area contributed by atoms with Crippen molar-refractivity contribution in [3.63, 3.8) is 0 Å². The van der Waals surface area contributed by atoms with Crippen molar-refractivity contribution in [1.29, 1.82) is 0 Å². The van der Waals surface area contributed by atoms with E-state index in [1.54, 1.807) is 0 Å². The zero-order valence-corrected chi connectivity index (χ0v) is 9.98. The van der Waals surface area contributed by atoms with Gasteiger partial charge in [0, 0.05) is 25.0 Å². The lowest BCUT2D eigenvalue weighted by atomic mass is 10.3. The Bertz CT molecular complexity index is 348. The van der Waals surface area contributed by atoms with Gasteiger partial charge in [-0.2, -0.15) is 5.10 Å². The number of rotatable bonds is 1. The van der Waals surface area contributed by atoms with Crippen LogP contribution in [0.1, 0.15) is 6.42 Å². The van der Waals surface area contributed by atoms with Crippen molar-refractivity contribution in [2.24, 2.45) is 5.10 Å². The average molecular weight is 246 g/mol. The summed E-state index contributed by atoms with van der Waals surface area (Å²) < 4.78 is 0. The summed E-state index contributed by atoms with van der Waals surface area (Å²) >= 11 is 5.81. The van der Waals surface area contributed by atoms with E-state index in [9.17, 15) is 0 Å². The summed E-state index contributed by atoms with van der Waals surface area (Å²) in [7, 11) is 1.89. The Morgan fingerprint density at radius 1 is 1.33 bits per heavy atom. The largest absolute Gasteiger partial charge is 0.375 e. The second kappa shape index (κ2) is 5.24. The van der Waals surface area contributed by atoms with Crippen molar-refractivity contribution < 1.29 is 0 Å². The van der Waals surface area contributed by atoms with Crippen LogP contribution in [0.25, 0.3) is 0 Å². The third-order valence-corrected chi connectivity index (χ3v) is 2.47. The molecule has 0 bridgehead atoms. The maximum Gasteiger partial charge on any atom is 0.124 e. The minimum atomic E-state index is 0. The van der Waals surface area contributed by atoms with E-state index in [2.05, 4.69) is 10.4 Å². The molecule has 0 aliphatic carbocycles. The monoisotopic (exact) mass is 245 g/mol. The predicted molar refractivity (Wildman–Crippen MR) is 67.2 cm³/mol. The van der Waals surface area contributed by atoms with Gasteiger partial charge in [0.1, 0.15) is 5.84 Å². The van der Waals surface area contributed by atoms with Gasteiger partial charge in [0.2, 0.25) is 0 Å². The summed E-state index contributed by atoms with van der Waals surface area (Å²) in [6.07, 6.45) is 0.971. The number of nitrogens with one attached hydrogen (secondary N) is 1. The third-order valence-electron chi connectivity index (χ3n) is 2.22. The number of nitrogens with zero attached hydrogens (tertiary/aromatic N) is 2. The summed E-state index contributed by atoms with van der Waals surface area (Å²) in [5.41, 5.74) is 1.08. The van der Waals surface area contributed by atoms with Crippen LogP contribution in [0.2, 0.25) is 5.02 Å². The average Bonchev–Trinajstić information content (AvgIpc) is 2.67. The van der Waals surface area contributed by atoms with E-state index in [0.717, 1.165) is 29.5 Å². The predicted octanol–water partition coefficient (Wildman–Crippen LogP) is 2.50. The lowest BCUT2D eigenvalue weighted by Crippen LogP contribution is -2.14. The SMILES string of the molecule is CNC1=NN(c2ccc(Cl)cc2)CC1.Cl. The van der Waals surface area contributed by atoms with Crippen LogP contribution >= 0.6 is 24.0 Å². The third kappa shape index (κ3) is 2.76. The van der Waals surface area contributed by atoms with E-state index in [1.165, 1.54) is 0 Å². The van der Waals surface area contributed by atoms with E-state index in [0.29, 0.717) is 0 Å². The molecule has 0 aromatic heterocycles. The molecule has 0 saturated carbocycles. The van der Waals surface area contributed by atoms with Crippen LogP contribution in [0.15, 0.2) is 29.4 Å². The van der Waals surface area contributed by atoms with Crippen molar-refractivity contribution >= 4 is 35.5 Å². The first-order valence-electron chi connectivity index (χ1n) is 4.58. The summed E-state index contributed by atoms with van der Waals surface area (Å²) in [5, 5.41) is 10.2. The normalized spacial score (nSPS) is 14.5. The summed E-state index contributed by atoms with van der Waals surface area (Å²) in [4.78, 5) is 0. The van der Waals surface area contributed by atoms with Gasteiger partial charge in [0.15, 0.2) is 0 Å². The number of anilines is 1. The van der Waals surface area contributed by atoms with Crippen LogP contribution in [-0.2, 0) is 0 Å². The molecule has 1 aliphatic rings. The highest BCUT2D eigenvalue weighted by molar-refractivity contribution is 6.30. The Morgan fingerprint density at radius 2 is 2.00 bits per heavy atom. The summed E-state index contributed by atoms with van der Waals surface area (Å²) in [6.45, 7) is 0.928. The van der Waals surface area contributed by atoms with Crippen molar-refractivity contribution in [2.75, 3.05) is 18.6 Å². The lowest BCUT2D eigenvalue weighted by Gasteiger charge is -2.12. The quantitative estimate of drug-likeness (QED) is 0.824. The standard InChI is InChI=1S/C10H12ClN3.ClH/c1-12-10-6-7-14(13-10)9-4-2-8(11)3-5-9;/h2-5H,6-7H2,1H3,(H,12,13);1H. The smallest absolute Gasteiger partial charge is 0.124 e. The molecule has 0 unspecified atom stereocenters. The molecule has 2 rings (SSSR count). The fraction of sp³-hybridized carbons (Fsp3) is 0.300. The number of halogens is 2. The van der Waals surface area contributed by atoms with Crippen molar-refractivity contribution in [1.82, 2.24) is 5.32 Å². The molecule has 1 aromatic carbocycles. The summed E-state index contributed by atoms with van der Waals surface area (Å²) in [5.74, 6) is 1.03. The van der Waals surface area contributed by atoms with Gasteiger partial charge in [-0.05, 0) is 24.3 Å². The highest BCUT2D eigenvalue weighted by atomic mass is 35.5. The van der Waals surface area contributed by atoms with E-state index in [4.69, 9.17) is 11.6 Å². The van der Waals surface area contributed by atoms with E-state index >= 15 is 0 Å². The van der Waals surface area contributed by atoms with Crippen molar-refractivity contribution in [3.05, 3.63) is 29.3 Å². The molecule has 1 heterocycles. The Labute approximate surface area is 101 Å². The molecular formula is C10H13Cl2N3. The van der Waals surface area contributed by atoms with Gasteiger partial charge >= 0.3 is 0 Å². The Morgan fingerprint density at radius 3 is 2.53 bits per heavy atom. The fourth-order valence-corrected chi connectivity index (χ4v) is 1.56. The first kappa shape index (κ1) is 12.1. The van der Waals surface area contributed by atoms with Crippen molar-refractivity contribution in [3.8, 4) is 0 Å². The van der Waals surface area contributed by atoms with Crippen molar-refractivity contribution in [2.45, 2.75) is 6.42 Å². The molecule has 0 radical (unpaired) electrons. The van der Waals surface area contributed by atoms with Gasteiger partial charge in [-0.3, -0.25) is 5.01 Å². The van der Waals surface area contributed by atoms with Crippen LogP contribution < -0.4 is 10.3 Å². The molecule has 5 heteroatoms. The summed E-state index contributed by atoms with van der Waals surface area (Å²) in [6, 6.07) is 7.71. The zero-order chi connectivity index (χ0) is 9.97. The Kier molecular flexibility index (Phi) is 4.24. The maximum atomic E-state index is 5.81. The first-order chi connectivity index (χ1) is 6.79. The number of hydrazone groups is 1. The number of amidine groups is 1. The van der Waals surface area contributed by atoms with E-state index in [1.807, 2.05) is 36.3 Å². The van der Waals surface area contributed by atoms with Gasteiger partial charge in [-0.15, -0.1) is 12.4 Å². The maximum absolute atomic E-state index is 5.81. The molecule has 1 aliphatic heterocycles. The second-order valence-electron chi connectivity index (χ2n) is 3.15. The first-order valence-corrected chi connectivity index (χ1v) is 4.96. The van der Waals surface area contributed by atoms with Gasteiger partial charge in [0.25, 0.3) is 0 Å². The molecule has 0 amide bonds. The number of hydrogen-bond acceptors (Lipinski definition) is 3. The lowest BCUT2D eigenvalue weighted by molar-refractivity contribution is 0.922. The molecule has 15 heavy (non-hydrogen) atoms. The molecule has 1 N–H and O–H groups in total. The Hall–Kier alpha value is -0.930. The fourth-order valence-electron chi connectivity index (χ4n) is 1.43. The minimum Gasteiger partial charge on any atom is -0.375 e. The molecule has 0 fully saturated rings. The Balaban J connectivity index is 0.00000112. The molecule has 0 spiro atoms. The molecule has 1 aromatic rings. The number of hydrogen-bond donors (Lipinski definition) is 1. The van der Waals surface area contributed by atoms with Gasteiger partial charge in [-0.25, -0.2) is 0 Å². The highest BCUT2D eigenvalue weighted by Crippen LogP contribution is 2.20. The van der Waals surface area contributed by atoms with Crippen LogP contribution in [0, 0.1) is 0 Å².